The van der Waals surface area contributed by atoms with Crippen LogP contribution in [0.4, 0.5) is 4.39 Å². The summed E-state index contributed by atoms with van der Waals surface area (Å²) in [6.07, 6.45) is -0.286. The van der Waals surface area contributed by atoms with Gasteiger partial charge in [-0.05, 0) is 53.0 Å². The monoisotopic (exact) mass is 393 g/mol. The first-order valence-electron chi connectivity index (χ1n) is 7.45. The van der Waals surface area contributed by atoms with Gasteiger partial charge in [0.25, 0.3) is 5.91 Å². The lowest BCUT2D eigenvalue weighted by atomic mass is 10.1. The molecule has 6 heteroatoms. The van der Waals surface area contributed by atoms with Crippen molar-refractivity contribution in [3.8, 4) is 0 Å². The number of ether oxygens (including phenoxy) is 1. The van der Waals surface area contributed by atoms with Gasteiger partial charge in [-0.3, -0.25) is 4.79 Å². The smallest absolute Gasteiger partial charge is 0.340 e. The van der Waals surface area contributed by atoms with E-state index in [4.69, 9.17) is 4.74 Å². The molecule has 24 heavy (non-hydrogen) atoms. The van der Waals surface area contributed by atoms with Crippen molar-refractivity contribution in [2.75, 3.05) is 6.54 Å². The number of hydrogen-bond acceptors (Lipinski definition) is 3. The number of carbonyl (C=O) groups is 2. The Morgan fingerprint density at radius 3 is 2.62 bits per heavy atom. The molecule has 1 unspecified atom stereocenters. The minimum Gasteiger partial charge on any atom is -0.449 e. The highest BCUT2D eigenvalue weighted by Gasteiger charge is 2.20. The predicted octanol–water partition coefficient (Wildman–Crippen LogP) is 3.49. The highest BCUT2D eigenvalue weighted by atomic mass is 79.9. The van der Waals surface area contributed by atoms with E-state index in [1.54, 1.807) is 0 Å². The van der Waals surface area contributed by atoms with Crippen LogP contribution >= 0.6 is 15.9 Å². The normalized spacial score (nSPS) is 11.6. The SMILES string of the molecule is CC(OC(=O)c1cc(F)ccc1Br)C(=O)NCCc1ccccc1. The Balaban J connectivity index is 1.84. The zero-order valence-corrected chi connectivity index (χ0v) is 14.7. The fourth-order valence-corrected chi connectivity index (χ4v) is 2.46. The van der Waals surface area contributed by atoms with E-state index in [9.17, 15) is 14.0 Å². The molecule has 1 amide bonds. The standard InChI is InChI=1S/C18H17BrFNO3/c1-12(17(22)21-10-9-13-5-3-2-4-6-13)24-18(23)15-11-14(20)7-8-16(15)19/h2-8,11-12H,9-10H2,1H3,(H,21,22). The molecule has 0 spiro atoms. The Bertz CT molecular complexity index is 721. The Kier molecular flexibility index (Phi) is 6.49. The molecule has 0 saturated heterocycles. The molecule has 1 atom stereocenters. The molecule has 0 aliphatic heterocycles. The van der Waals surface area contributed by atoms with Crippen LogP contribution in [0.25, 0.3) is 0 Å². The predicted molar refractivity (Wildman–Crippen MR) is 92.1 cm³/mol. The van der Waals surface area contributed by atoms with Gasteiger partial charge in [-0.15, -0.1) is 0 Å². The van der Waals surface area contributed by atoms with Gasteiger partial charge < -0.3 is 10.1 Å². The molecule has 2 rings (SSSR count). The van der Waals surface area contributed by atoms with Crippen molar-refractivity contribution in [1.29, 1.82) is 0 Å². The molecule has 1 N–H and O–H groups in total. The van der Waals surface area contributed by atoms with Crippen molar-refractivity contribution < 1.29 is 18.7 Å². The van der Waals surface area contributed by atoms with E-state index in [0.29, 0.717) is 17.4 Å². The third-order valence-corrected chi connectivity index (χ3v) is 4.05. The van der Waals surface area contributed by atoms with Crippen molar-refractivity contribution in [3.05, 3.63) is 69.9 Å². The number of rotatable bonds is 6. The lowest BCUT2D eigenvalue weighted by molar-refractivity contribution is -0.129. The third kappa shape index (κ3) is 5.16. The second-order valence-corrected chi connectivity index (χ2v) is 6.05. The van der Waals surface area contributed by atoms with E-state index in [2.05, 4.69) is 21.2 Å². The van der Waals surface area contributed by atoms with Crippen LogP contribution in [0.1, 0.15) is 22.8 Å². The highest BCUT2D eigenvalue weighted by Crippen LogP contribution is 2.19. The van der Waals surface area contributed by atoms with Gasteiger partial charge in [0, 0.05) is 11.0 Å². The minimum absolute atomic E-state index is 0.0407. The summed E-state index contributed by atoms with van der Waals surface area (Å²) in [4.78, 5) is 24.0. The summed E-state index contributed by atoms with van der Waals surface area (Å²) in [5.74, 6) is -1.70. The Labute approximate surface area is 148 Å². The van der Waals surface area contributed by atoms with Gasteiger partial charge in [0.2, 0.25) is 0 Å². The number of amides is 1. The van der Waals surface area contributed by atoms with Gasteiger partial charge in [0.1, 0.15) is 5.82 Å². The summed E-state index contributed by atoms with van der Waals surface area (Å²) in [6.45, 7) is 1.91. The summed E-state index contributed by atoms with van der Waals surface area (Å²) < 4.78 is 18.7. The van der Waals surface area contributed by atoms with E-state index >= 15 is 0 Å². The van der Waals surface area contributed by atoms with Crippen LogP contribution in [0.3, 0.4) is 0 Å². The number of hydrogen-bond donors (Lipinski definition) is 1. The maximum atomic E-state index is 13.2. The first-order chi connectivity index (χ1) is 11.5. The minimum atomic E-state index is -0.969. The van der Waals surface area contributed by atoms with Crippen molar-refractivity contribution >= 4 is 27.8 Å². The summed E-state index contributed by atoms with van der Waals surface area (Å²) in [6, 6.07) is 13.4. The molecule has 0 aliphatic rings. The quantitative estimate of drug-likeness (QED) is 0.764. The Hall–Kier alpha value is -2.21. The van der Waals surface area contributed by atoms with Gasteiger partial charge in [0.05, 0.1) is 5.56 Å². The second-order valence-electron chi connectivity index (χ2n) is 5.20. The molecule has 126 valence electrons. The fourth-order valence-electron chi connectivity index (χ4n) is 2.05. The zero-order chi connectivity index (χ0) is 17.5. The molecule has 0 aromatic heterocycles. The average molecular weight is 394 g/mol. The van der Waals surface area contributed by atoms with Crippen LogP contribution < -0.4 is 5.32 Å². The summed E-state index contributed by atoms with van der Waals surface area (Å²) in [7, 11) is 0. The van der Waals surface area contributed by atoms with Crippen molar-refractivity contribution in [2.24, 2.45) is 0 Å². The van der Waals surface area contributed by atoms with E-state index in [1.165, 1.54) is 19.1 Å². The van der Waals surface area contributed by atoms with Crippen LogP contribution in [0, 0.1) is 5.82 Å². The topological polar surface area (TPSA) is 55.4 Å². The molecule has 0 fully saturated rings. The molecule has 0 radical (unpaired) electrons. The summed E-state index contributed by atoms with van der Waals surface area (Å²) in [5.41, 5.74) is 1.14. The molecule has 0 heterocycles. The Morgan fingerprint density at radius 2 is 1.92 bits per heavy atom. The zero-order valence-electron chi connectivity index (χ0n) is 13.1. The van der Waals surface area contributed by atoms with Crippen LogP contribution in [-0.2, 0) is 16.0 Å². The number of benzene rings is 2. The van der Waals surface area contributed by atoms with Gasteiger partial charge in [-0.1, -0.05) is 30.3 Å². The molecule has 2 aromatic rings. The van der Waals surface area contributed by atoms with Gasteiger partial charge >= 0.3 is 5.97 Å². The van der Waals surface area contributed by atoms with Crippen LogP contribution in [0.15, 0.2) is 53.0 Å². The second kappa shape index (κ2) is 8.59. The number of nitrogens with one attached hydrogen (secondary N) is 1. The van der Waals surface area contributed by atoms with E-state index < -0.39 is 23.8 Å². The molecular formula is C18H17BrFNO3. The van der Waals surface area contributed by atoms with Gasteiger partial charge in [-0.2, -0.15) is 0 Å². The molecule has 0 aliphatic carbocycles. The van der Waals surface area contributed by atoms with Crippen molar-refractivity contribution in [3.63, 3.8) is 0 Å². The lowest BCUT2D eigenvalue weighted by Gasteiger charge is -2.14. The van der Waals surface area contributed by atoms with E-state index in [0.717, 1.165) is 11.6 Å². The van der Waals surface area contributed by atoms with Crippen molar-refractivity contribution in [1.82, 2.24) is 5.32 Å². The molecule has 2 aromatic carbocycles. The highest BCUT2D eigenvalue weighted by molar-refractivity contribution is 9.10. The van der Waals surface area contributed by atoms with Crippen LogP contribution in [-0.4, -0.2) is 24.5 Å². The van der Waals surface area contributed by atoms with Crippen LogP contribution in [0.5, 0.6) is 0 Å². The van der Waals surface area contributed by atoms with Crippen molar-refractivity contribution in [2.45, 2.75) is 19.4 Å². The lowest BCUT2D eigenvalue weighted by Crippen LogP contribution is -2.37. The fraction of sp³-hybridized carbons (Fsp3) is 0.222. The van der Waals surface area contributed by atoms with Gasteiger partial charge in [-0.25, -0.2) is 9.18 Å². The van der Waals surface area contributed by atoms with Crippen LogP contribution in [0.2, 0.25) is 0 Å². The maximum Gasteiger partial charge on any atom is 0.340 e. The van der Waals surface area contributed by atoms with E-state index in [1.807, 2.05) is 30.3 Å². The third-order valence-electron chi connectivity index (χ3n) is 3.36. The summed E-state index contributed by atoms with van der Waals surface area (Å²) >= 11 is 3.16. The number of carbonyl (C=O) groups excluding carboxylic acids is 2. The van der Waals surface area contributed by atoms with E-state index in [-0.39, 0.29) is 5.56 Å². The summed E-state index contributed by atoms with van der Waals surface area (Å²) in [5, 5.41) is 2.71. The largest absolute Gasteiger partial charge is 0.449 e. The Morgan fingerprint density at radius 1 is 1.21 bits per heavy atom. The maximum absolute atomic E-state index is 13.2. The number of esters is 1. The number of halogens is 2. The molecule has 0 saturated carbocycles. The first-order valence-corrected chi connectivity index (χ1v) is 8.24. The molecule has 4 nitrogen and oxygen atoms in total. The molecule has 0 bridgehead atoms. The average Bonchev–Trinajstić information content (AvgIpc) is 2.57. The van der Waals surface area contributed by atoms with Gasteiger partial charge in [0.15, 0.2) is 6.10 Å². The molecular weight excluding hydrogens is 377 g/mol. The first kappa shape index (κ1) is 18.1.